The highest BCUT2D eigenvalue weighted by Gasteiger charge is 2.47. The lowest BCUT2D eigenvalue weighted by molar-refractivity contribution is 0.0482. The quantitative estimate of drug-likeness (QED) is 0.651. The smallest absolute Gasteiger partial charge is 0.0490 e. The van der Waals surface area contributed by atoms with Gasteiger partial charge in [0.1, 0.15) is 0 Å². The van der Waals surface area contributed by atoms with Crippen molar-refractivity contribution < 1.29 is 4.74 Å². The Kier molecular flexibility index (Phi) is 2.64. The molecule has 0 bridgehead atoms. The molecule has 0 saturated heterocycles. The summed E-state index contributed by atoms with van der Waals surface area (Å²) in [6.45, 7) is 3.33. The lowest BCUT2D eigenvalue weighted by Crippen LogP contribution is -2.34. The minimum atomic E-state index is 0.782. The minimum Gasteiger partial charge on any atom is -0.384 e. The molecule has 0 amide bonds. The van der Waals surface area contributed by atoms with Gasteiger partial charge in [-0.05, 0) is 49.4 Å². The van der Waals surface area contributed by atoms with Crippen molar-refractivity contribution in [2.24, 2.45) is 17.3 Å². The summed E-state index contributed by atoms with van der Waals surface area (Å²) in [6.07, 6.45) is 8.79. The molecule has 76 valence electrons. The van der Waals surface area contributed by atoms with Crippen LogP contribution < -0.4 is 0 Å². The maximum atomic E-state index is 5.24. The standard InChI is InChI=1S/C12H22O/c1-3-10-6-12(7-10)5-4-11(8-12)9-13-2/h10-11H,3-9H2,1-2H3. The van der Waals surface area contributed by atoms with Crippen LogP contribution in [-0.2, 0) is 4.74 Å². The monoisotopic (exact) mass is 182 g/mol. The Balaban J connectivity index is 1.79. The van der Waals surface area contributed by atoms with Gasteiger partial charge < -0.3 is 4.74 Å². The molecular weight excluding hydrogens is 160 g/mol. The second kappa shape index (κ2) is 3.61. The van der Waals surface area contributed by atoms with Crippen molar-refractivity contribution in [3.63, 3.8) is 0 Å². The van der Waals surface area contributed by atoms with Gasteiger partial charge in [0.2, 0.25) is 0 Å². The maximum absolute atomic E-state index is 5.24. The highest BCUT2D eigenvalue weighted by molar-refractivity contribution is 4.98. The molecule has 1 spiro atoms. The Bertz CT molecular complexity index is 170. The SMILES string of the molecule is CCC1CC2(CCC(COC)C2)C1. The maximum Gasteiger partial charge on any atom is 0.0490 e. The molecule has 2 saturated carbocycles. The summed E-state index contributed by atoms with van der Waals surface area (Å²) in [5.41, 5.74) is 0.782. The van der Waals surface area contributed by atoms with Gasteiger partial charge in [-0.2, -0.15) is 0 Å². The summed E-state index contributed by atoms with van der Waals surface area (Å²) >= 11 is 0. The molecule has 0 aromatic carbocycles. The summed E-state index contributed by atoms with van der Waals surface area (Å²) in [5.74, 6) is 1.93. The van der Waals surface area contributed by atoms with Gasteiger partial charge in [0, 0.05) is 13.7 Å². The Labute approximate surface area is 81.9 Å². The number of hydrogen-bond acceptors (Lipinski definition) is 1. The van der Waals surface area contributed by atoms with Crippen LogP contribution in [0.4, 0.5) is 0 Å². The first-order valence-electron chi connectivity index (χ1n) is 5.77. The predicted molar refractivity (Wildman–Crippen MR) is 54.7 cm³/mol. The van der Waals surface area contributed by atoms with Gasteiger partial charge in [-0.15, -0.1) is 0 Å². The Morgan fingerprint density at radius 3 is 2.54 bits per heavy atom. The summed E-state index contributed by atoms with van der Waals surface area (Å²) in [7, 11) is 1.83. The average molecular weight is 182 g/mol. The molecule has 2 fully saturated rings. The number of methoxy groups -OCH3 is 1. The zero-order valence-electron chi connectivity index (χ0n) is 9.01. The summed E-state index contributed by atoms with van der Waals surface area (Å²) in [5, 5.41) is 0. The van der Waals surface area contributed by atoms with Crippen LogP contribution in [0.3, 0.4) is 0 Å². The molecule has 2 aliphatic rings. The number of ether oxygens (including phenoxy) is 1. The van der Waals surface area contributed by atoms with Gasteiger partial charge in [0.25, 0.3) is 0 Å². The second-order valence-electron chi connectivity index (χ2n) is 5.25. The first-order valence-corrected chi connectivity index (χ1v) is 5.77. The number of rotatable bonds is 3. The van der Waals surface area contributed by atoms with Crippen LogP contribution in [0.15, 0.2) is 0 Å². The molecule has 1 unspecified atom stereocenters. The van der Waals surface area contributed by atoms with Crippen molar-refractivity contribution in [3.05, 3.63) is 0 Å². The summed E-state index contributed by atoms with van der Waals surface area (Å²) < 4.78 is 5.24. The van der Waals surface area contributed by atoms with Crippen molar-refractivity contribution in [3.8, 4) is 0 Å². The van der Waals surface area contributed by atoms with Crippen LogP contribution in [0.2, 0.25) is 0 Å². The Morgan fingerprint density at radius 1 is 1.23 bits per heavy atom. The third-order valence-corrected chi connectivity index (χ3v) is 4.23. The van der Waals surface area contributed by atoms with Gasteiger partial charge in [0.05, 0.1) is 0 Å². The Hall–Kier alpha value is -0.0400. The van der Waals surface area contributed by atoms with Crippen molar-refractivity contribution in [2.45, 2.75) is 45.4 Å². The molecule has 0 aromatic rings. The van der Waals surface area contributed by atoms with Crippen molar-refractivity contribution in [1.82, 2.24) is 0 Å². The zero-order chi connectivity index (χ0) is 9.31. The number of hydrogen-bond donors (Lipinski definition) is 0. The highest BCUT2D eigenvalue weighted by Crippen LogP contribution is 2.58. The van der Waals surface area contributed by atoms with Crippen LogP contribution >= 0.6 is 0 Å². The van der Waals surface area contributed by atoms with Crippen LogP contribution in [-0.4, -0.2) is 13.7 Å². The molecule has 1 atom stereocenters. The molecule has 2 aliphatic carbocycles. The van der Waals surface area contributed by atoms with E-state index in [0.29, 0.717) is 0 Å². The minimum absolute atomic E-state index is 0.782. The highest BCUT2D eigenvalue weighted by atomic mass is 16.5. The first-order chi connectivity index (χ1) is 6.28. The molecule has 13 heavy (non-hydrogen) atoms. The topological polar surface area (TPSA) is 9.23 Å². The molecule has 0 N–H and O–H groups in total. The van der Waals surface area contributed by atoms with E-state index >= 15 is 0 Å². The van der Waals surface area contributed by atoms with Gasteiger partial charge in [-0.1, -0.05) is 13.3 Å². The molecule has 0 radical (unpaired) electrons. The van der Waals surface area contributed by atoms with Gasteiger partial charge in [0.15, 0.2) is 0 Å². The summed E-state index contributed by atoms with van der Waals surface area (Å²) in [6, 6.07) is 0. The molecule has 0 aliphatic heterocycles. The molecular formula is C12H22O. The molecule has 1 heteroatoms. The Morgan fingerprint density at radius 2 is 1.92 bits per heavy atom. The predicted octanol–water partition coefficient (Wildman–Crippen LogP) is 3.24. The largest absolute Gasteiger partial charge is 0.384 e. The van der Waals surface area contributed by atoms with E-state index in [1.165, 1.54) is 38.5 Å². The van der Waals surface area contributed by atoms with E-state index in [4.69, 9.17) is 4.74 Å². The van der Waals surface area contributed by atoms with E-state index in [9.17, 15) is 0 Å². The third kappa shape index (κ3) is 1.76. The van der Waals surface area contributed by atoms with Gasteiger partial charge >= 0.3 is 0 Å². The van der Waals surface area contributed by atoms with Crippen LogP contribution in [0, 0.1) is 17.3 Å². The zero-order valence-corrected chi connectivity index (χ0v) is 9.01. The van der Waals surface area contributed by atoms with Crippen LogP contribution in [0.25, 0.3) is 0 Å². The molecule has 2 rings (SSSR count). The second-order valence-corrected chi connectivity index (χ2v) is 5.25. The molecule has 1 nitrogen and oxygen atoms in total. The fourth-order valence-electron chi connectivity index (χ4n) is 3.53. The fourth-order valence-corrected chi connectivity index (χ4v) is 3.53. The van der Waals surface area contributed by atoms with E-state index < -0.39 is 0 Å². The van der Waals surface area contributed by atoms with Crippen LogP contribution in [0.5, 0.6) is 0 Å². The average Bonchev–Trinajstić information content (AvgIpc) is 2.46. The summed E-state index contributed by atoms with van der Waals surface area (Å²) in [4.78, 5) is 0. The van der Waals surface area contributed by atoms with Crippen molar-refractivity contribution >= 4 is 0 Å². The van der Waals surface area contributed by atoms with E-state index in [1.807, 2.05) is 7.11 Å². The van der Waals surface area contributed by atoms with E-state index in [2.05, 4.69) is 6.92 Å². The molecule has 0 heterocycles. The van der Waals surface area contributed by atoms with Crippen molar-refractivity contribution in [1.29, 1.82) is 0 Å². The third-order valence-electron chi connectivity index (χ3n) is 4.23. The van der Waals surface area contributed by atoms with E-state index in [0.717, 1.165) is 23.9 Å². The van der Waals surface area contributed by atoms with E-state index in [1.54, 1.807) is 0 Å². The molecule has 0 aromatic heterocycles. The fraction of sp³-hybridized carbons (Fsp3) is 1.00. The lowest BCUT2D eigenvalue weighted by atomic mass is 9.60. The lowest BCUT2D eigenvalue weighted by Gasteiger charge is -2.45. The normalized spacial score (nSPS) is 43.8. The van der Waals surface area contributed by atoms with Gasteiger partial charge in [-0.3, -0.25) is 0 Å². The van der Waals surface area contributed by atoms with Crippen LogP contribution in [0.1, 0.15) is 45.4 Å². The van der Waals surface area contributed by atoms with E-state index in [-0.39, 0.29) is 0 Å². The first kappa shape index (κ1) is 9.51. The van der Waals surface area contributed by atoms with Gasteiger partial charge in [-0.25, -0.2) is 0 Å². The van der Waals surface area contributed by atoms with Crippen molar-refractivity contribution in [2.75, 3.05) is 13.7 Å².